The van der Waals surface area contributed by atoms with Gasteiger partial charge in [0.25, 0.3) is 5.91 Å². The molecule has 2 fully saturated rings. The molecule has 1 aromatic heterocycles. The molecule has 0 unspecified atom stereocenters. The van der Waals surface area contributed by atoms with Gasteiger partial charge in [-0.2, -0.15) is 4.31 Å². The average Bonchev–Trinajstić information content (AvgIpc) is 3.49. The number of aryl methyl sites for hydroxylation is 1. The second-order valence-electron chi connectivity index (χ2n) is 8.52. The zero-order valence-corrected chi connectivity index (χ0v) is 19.7. The molecule has 32 heavy (non-hydrogen) atoms. The number of amides is 1. The number of methoxy groups -OCH3 is 1. The van der Waals surface area contributed by atoms with Crippen LogP contribution in [0.25, 0.3) is 0 Å². The molecule has 0 spiro atoms. The number of hydrogen-bond donors (Lipinski definition) is 0. The van der Waals surface area contributed by atoms with Crippen molar-refractivity contribution in [3.8, 4) is 5.75 Å². The molecule has 2 aliphatic rings. The van der Waals surface area contributed by atoms with Gasteiger partial charge in [0, 0.05) is 59.1 Å². The van der Waals surface area contributed by atoms with E-state index < -0.39 is 10.0 Å². The number of aromatic nitrogens is 1. The minimum atomic E-state index is -3.53. The Labute approximate surface area is 190 Å². The van der Waals surface area contributed by atoms with Gasteiger partial charge in [-0.3, -0.25) is 9.69 Å². The van der Waals surface area contributed by atoms with E-state index in [1.165, 1.54) is 15.9 Å². The maximum Gasteiger partial charge on any atom is 0.270 e. The third-order valence-electron chi connectivity index (χ3n) is 6.44. The molecule has 0 N–H and O–H groups in total. The third-order valence-corrected chi connectivity index (χ3v) is 8.30. The fourth-order valence-electron chi connectivity index (χ4n) is 4.38. The number of carbonyl (C=O) groups is 1. The molecule has 0 saturated carbocycles. The molecule has 0 radical (unpaired) electrons. The van der Waals surface area contributed by atoms with Crippen molar-refractivity contribution in [2.24, 2.45) is 7.05 Å². The van der Waals surface area contributed by atoms with Crippen LogP contribution in [0.5, 0.6) is 5.75 Å². The minimum Gasteiger partial charge on any atom is -0.497 e. The number of rotatable bonds is 7. The van der Waals surface area contributed by atoms with E-state index >= 15 is 0 Å². The lowest BCUT2D eigenvalue weighted by molar-refractivity contribution is 0.0629. The van der Waals surface area contributed by atoms with Crippen molar-refractivity contribution in [3.63, 3.8) is 0 Å². The molecule has 2 aromatic rings. The summed E-state index contributed by atoms with van der Waals surface area (Å²) in [5, 5.41) is 0. The van der Waals surface area contributed by atoms with Gasteiger partial charge in [-0.15, -0.1) is 0 Å². The molecule has 9 heteroatoms. The van der Waals surface area contributed by atoms with Crippen LogP contribution >= 0.6 is 0 Å². The lowest BCUT2D eigenvalue weighted by Crippen LogP contribution is -2.49. The molecule has 2 aliphatic heterocycles. The summed E-state index contributed by atoms with van der Waals surface area (Å²) in [6, 6.07) is 9.66. The van der Waals surface area contributed by atoms with Crippen LogP contribution in [0.3, 0.4) is 0 Å². The van der Waals surface area contributed by atoms with Gasteiger partial charge in [-0.05, 0) is 43.0 Å². The summed E-state index contributed by atoms with van der Waals surface area (Å²) in [5.74, 6) is 0.753. The summed E-state index contributed by atoms with van der Waals surface area (Å²) in [7, 11) is -0.123. The maximum atomic E-state index is 13.1. The van der Waals surface area contributed by atoms with Crippen LogP contribution in [0.2, 0.25) is 0 Å². The highest BCUT2D eigenvalue weighted by Gasteiger charge is 2.31. The Hall–Kier alpha value is -2.36. The Balaban J connectivity index is 1.32. The summed E-state index contributed by atoms with van der Waals surface area (Å²) in [4.78, 5) is 17.5. The van der Waals surface area contributed by atoms with E-state index in [1.54, 1.807) is 24.9 Å². The first kappa shape index (κ1) is 22.8. The first-order chi connectivity index (χ1) is 15.4. The Bertz CT molecular complexity index is 1030. The van der Waals surface area contributed by atoms with Gasteiger partial charge in [0.05, 0.1) is 7.11 Å². The molecule has 174 valence electrons. The summed E-state index contributed by atoms with van der Waals surface area (Å²) >= 11 is 0. The van der Waals surface area contributed by atoms with Gasteiger partial charge in [0.2, 0.25) is 10.0 Å². The first-order valence-electron chi connectivity index (χ1n) is 11.2. The Morgan fingerprint density at radius 1 is 1.00 bits per heavy atom. The molecule has 1 amide bonds. The Morgan fingerprint density at radius 3 is 2.28 bits per heavy atom. The summed E-state index contributed by atoms with van der Waals surface area (Å²) in [6.45, 7) is 4.95. The molecule has 8 nitrogen and oxygen atoms in total. The van der Waals surface area contributed by atoms with E-state index in [4.69, 9.17) is 4.74 Å². The molecular weight excluding hydrogens is 428 g/mol. The number of piperazine rings is 1. The number of benzene rings is 1. The lowest BCUT2D eigenvalue weighted by Gasteiger charge is -2.34. The zero-order valence-electron chi connectivity index (χ0n) is 18.9. The van der Waals surface area contributed by atoms with Gasteiger partial charge in [0.1, 0.15) is 16.3 Å². The van der Waals surface area contributed by atoms with Gasteiger partial charge >= 0.3 is 0 Å². The molecule has 4 rings (SSSR count). The monoisotopic (exact) mass is 460 g/mol. The summed E-state index contributed by atoms with van der Waals surface area (Å²) < 4.78 is 34.0. The SMILES string of the molecule is COc1ccc(CCN2CCN(C(=O)c3cc(S(=O)(=O)N4CCCC4)cn3C)CC2)cc1. The second kappa shape index (κ2) is 9.64. The molecule has 1 aromatic carbocycles. The zero-order chi connectivity index (χ0) is 22.7. The van der Waals surface area contributed by atoms with Gasteiger partial charge in [-0.25, -0.2) is 8.42 Å². The third kappa shape index (κ3) is 4.84. The fourth-order valence-corrected chi connectivity index (χ4v) is 5.97. The highest BCUT2D eigenvalue weighted by molar-refractivity contribution is 7.89. The van der Waals surface area contributed by atoms with Crippen LogP contribution in [0, 0.1) is 0 Å². The molecule has 0 aliphatic carbocycles. The first-order valence-corrected chi connectivity index (χ1v) is 12.6. The molecule has 3 heterocycles. The molecular formula is C23H32N4O4S. The van der Waals surface area contributed by atoms with Gasteiger partial charge in [-0.1, -0.05) is 12.1 Å². The normalized spacial score (nSPS) is 18.2. The average molecular weight is 461 g/mol. The Morgan fingerprint density at radius 2 is 1.66 bits per heavy atom. The topological polar surface area (TPSA) is 75.1 Å². The van der Waals surface area contributed by atoms with Gasteiger partial charge < -0.3 is 14.2 Å². The molecule has 0 atom stereocenters. The van der Waals surface area contributed by atoms with Crippen molar-refractivity contribution in [2.75, 3.05) is 52.9 Å². The predicted octanol–water partition coefficient (Wildman–Crippen LogP) is 1.82. The van der Waals surface area contributed by atoms with Crippen LogP contribution in [-0.2, 0) is 23.5 Å². The fraction of sp³-hybridized carbons (Fsp3) is 0.522. The number of ether oxygens (including phenoxy) is 1. The largest absolute Gasteiger partial charge is 0.497 e. The van der Waals surface area contributed by atoms with Crippen LogP contribution < -0.4 is 4.74 Å². The molecule has 2 saturated heterocycles. The Kier molecular flexibility index (Phi) is 6.88. The standard InChI is InChI=1S/C23H32N4O4S/c1-24-18-21(32(29,30)27-10-3-4-11-27)17-22(24)23(28)26-15-13-25(14-16-26)12-9-19-5-7-20(31-2)8-6-19/h5-8,17-18H,3-4,9-16H2,1-2H3. The predicted molar refractivity (Wildman–Crippen MR) is 122 cm³/mol. The van der Waals surface area contributed by atoms with Crippen LogP contribution in [-0.4, -0.2) is 85.9 Å². The van der Waals surface area contributed by atoms with E-state index in [0.29, 0.717) is 31.9 Å². The van der Waals surface area contributed by atoms with Crippen molar-refractivity contribution in [1.82, 2.24) is 18.7 Å². The smallest absolute Gasteiger partial charge is 0.270 e. The number of nitrogens with zero attached hydrogens (tertiary/aromatic N) is 4. The van der Waals surface area contributed by atoms with E-state index in [2.05, 4.69) is 17.0 Å². The van der Waals surface area contributed by atoms with Crippen molar-refractivity contribution < 1.29 is 17.9 Å². The van der Waals surface area contributed by atoms with E-state index in [1.807, 2.05) is 17.0 Å². The highest BCUT2D eigenvalue weighted by Crippen LogP contribution is 2.23. The number of hydrogen-bond acceptors (Lipinski definition) is 5. The van der Waals surface area contributed by atoms with Crippen molar-refractivity contribution in [3.05, 3.63) is 47.8 Å². The van der Waals surface area contributed by atoms with E-state index in [0.717, 1.165) is 44.6 Å². The summed E-state index contributed by atoms with van der Waals surface area (Å²) in [5.41, 5.74) is 1.69. The van der Waals surface area contributed by atoms with Crippen LogP contribution in [0.1, 0.15) is 28.9 Å². The van der Waals surface area contributed by atoms with Gasteiger partial charge in [0.15, 0.2) is 0 Å². The van der Waals surface area contributed by atoms with E-state index in [9.17, 15) is 13.2 Å². The quantitative estimate of drug-likeness (QED) is 0.630. The summed E-state index contributed by atoms with van der Waals surface area (Å²) in [6.07, 6.45) is 4.29. The highest BCUT2D eigenvalue weighted by atomic mass is 32.2. The second-order valence-corrected chi connectivity index (χ2v) is 10.5. The van der Waals surface area contributed by atoms with Crippen molar-refractivity contribution in [1.29, 1.82) is 0 Å². The maximum absolute atomic E-state index is 13.1. The lowest BCUT2D eigenvalue weighted by atomic mass is 10.1. The van der Waals surface area contributed by atoms with Crippen molar-refractivity contribution in [2.45, 2.75) is 24.2 Å². The number of carbonyl (C=O) groups excluding carboxylic acids is 1. The minimum absolute atomic E-state index is 0.106. The van der Waals surface area contributed by atoms with Crippen molar-refractivity contribution >= 4 is 15.9 Å². The molecule has 0 bridgehead atoms. The van der Waals surface area contributed by atoms with Crippen LogP contribution in [0.4, 0.5) is 0 Å². The number of sulfonamides is 1. The van der Waals surface area contributed by atoms with Crippen LogP contribution in [0.15, 0.2) is 41.4 Å². The van der Waals surface area contributed by atoms with E-state index in [-0.39, 0.29) is 10.8 Å².